The molecule has 7 heteroatoms. The Labute approximate surface area is 151 Å². The molecule has 0 atom stereocenters. The minimum Gasteiger partial charge on any atom is -0.353 e. The molecule has 1 saturated heterocycles. The average Bonchev–Trinajstić information content (AvgIpc) is 3.23. The van der Waals surface area contributed by atoms with Gasteiger partial charge in [0.05, 0.1) is 0 Å². The molecule has 132 valence electrons. The van der Waals surface area contributed by atoms with E-state index in [4.69, 9.17) is 0 Å². The maximum absolute atomic E-state index is 12.7. The molecule has 1 aliphatic heterocycles. The van der Waals surface area contributed by atoms with Crippen molar-refractivity contribution in [1.82, 2.24) is 24.6 Å². The summed E-state index contributed by atoms with van der Waals surface area (Å²) in [6.07, 6.45) is 5.12. The molecule has 3 aromatic rings. The fourth-order valence-corrected chi connectivity index (χ4v) is 3.14. The zero-order chi connectivity index (χ0) is 17.9. The molecule has 1 amide bonds. The Morgan fingerprint density at radius 1 is 1.00 bits per heavy atom. The Balaban J connectivity index is 1.44. The number of carbonyl (C=O) groups is 1. The maximum Gasteiger partial charge on any atom is 0.253 e. The summed E-state index contributed by atoms with van der Waals surface area (Å²) in [4.78, 5) is 25.4. The smallest absolute Gasteiger partial charge is 0.253 e. The number of aromatic nitrogens is 4. The molecule has 1 aromatic carbocycles. The van der Waals surface area contributed by atoms with E-state index in [2.05, 4.69) is 20.0 Å². The Kier molecular flexibility index (Phi) is 4.35. The molecular formula is C19H20N6O. The van der Waals surface area contributed by atoms with Gasteiger partial charge in [0.1, 0.15) is 12.1 Å². The molecule has 7 nitrogen and oxygen atoms in total. The average molecular weight is 348 g/mol. The minimum absolute atomic E-state index is 0.0910. The van der Waals surface area contributed by atoms with Crippen LogP contribution in [0.4, 0.5) is 5.82 Å². The van der Waals surface area contributed by atoms with E-state index in [1.165, 1.54) is 0 Å². The molecular weight excluding hydrogens is 328 g/mol. The van der Waals surface area contributed by atoms with E-state index in [0.717, 1.165) is 35.9 Å². The number of amides is 1. The van der Waals surface area contributed by atoms with E-state index in [1.54, 1.807) is 17.2 Å². The van der Waals surface area contributed by atoms with Gasteiger partial charge in [-0.05, 0) is 25.1 Å². The molecule has 0 N–H and O–H groups in total. The van der Waals surface area contributed by atoms with Crippen molar-refractivity contribution in [1.29, 1.82) is 0 Å². The summed E-state index contributed by atoms with van der Waals surface area (Å²) in [6, 6.07) is 11.5. The summed E-state index contributed by atoms with van der Waals surface area (Å²) < 4.78 is 1.71. The first-order valence-electron chi connectivity index (χ1n) is 8.64. The molecule has 0 unspecified atom stereocenters. The van der Waals surface area contributed by atoms with Crippen LogP contribution in [0.2, 0.25) is 0 Å². The largest absolute Gasteiger partial charge is 0.353 e. The van der Waals surface area contributed by atoms with E-state index in [-0.39, 0.29) is 5.91 Å². The standard InChI is InChI=1S/C19H20N6O/c1-15-4-2-5-16(12-15)19(26)24-10-8-23(9-11-24)17-13-18(21-14-20-17)25-7-3-6-22-25/h2-7,12-14H,8-11H2,1H3. The Hall–Kier alpha value is -3.22. The van der Waals surface area contributed by atoms with E-state index >= 15 is 0 Å². The van der Waals surface area contributed by atoms with Gasteiger partial charge in [0.2, 0.25) is 0 Å². The van der Waals surface area contributed by atoms with Crippen molar-refractivity contribution in [2.45, 2.75) is 6.92 Å². The van der Waals surface area contributed by atoms with Crippen LogP contribution in [0, 0.1) is 6.92 Å². The summed E-state index contributed by atoms with van der Waals surface area (Å²) in [5.41, 5.74) is 1.85. The van der Waals surface area contributed by atoms with Crippen LogP contribution in [0.25, 0.3) is 5.82 Å². The van der Waals surface area contributed by atoms with Crippen molar-refractivity contribution in [2.24, 2.45) is 0 Å². The Morgan fingerprint density at radius 2 is 1.81 bits per heavy atom. The molecule has 0 bridgehead atoms. The van der Waals surface area contributed by atoms with Crippen LogP contribution >= 0.6 is 0 Å². The zero-order valence-electron chi connectivity index (χ0n) is 14.6. The number of rotatable bonds is 3. The van der Waals surface area contributed by atoms with Crippen LogP contribution in [0.5, 0.6) is 0 Å². The van der Waals surface area contributed by atoms with Gasteiger partial charge in [0.15, 0.2) is 5.82 Å². The van der Waals surface area contributed by atoms with Gasteiger partial charge in [-0.3, -0.25) is 4.79 Å². The summed E-state index contributed by atoms with van der Waals surface area (Å²) in [5.74, 6) is 1.68. The SMILES string of the molecule is Cc1cccc(C(=O)N2CCN(c3cc(-n4cccn4)ncn3)CC2)c1. The number of anilines is 1. The van der Waals surface area contributed by atoms with Crippen molar-refractivity contribution in [3.05, 3.63) is 66.2 Å². The molecule has 3 heterocycles. The highest BCUT2D eigenvalue weighted by atomic mass is 16.2. The van der Waals surface area contributed by atoms with Gasteiger partial charge >= 0.3 is 0 Å². The van der Waals surface area contributed by atoms with Gasteiger partial charge < -0.3 is 9.80 Å². The number of benzene rings is 1. The highest BCUT2D eigenvalue weighted by Crippen LogP contribution is 2.17. The minimum atomic E-state index is 0.0910. The third kappa shape index (κ3) is 3.28. The van der Waals surface area contributed by atoms with E-state index in [0.29, 0.717) is 13.1 Å². The zero-order valence-corrected chi connectivity index (χ0v) is 14.6. The number of hydrogen-bond acceptors (Lipinski definition) is 5. The van der Waals surface area contributed by atoms with E-state index < -0.39 is 0 Å². The molecule has 1 aliphatic rings. The molecule has 1 fully saturated rings. The van der Waals surface area contributed by atoms with Gasteiger partial charge in [0, 0.05) is 50.2 Å². The molecule has 0 saturated carbocycles. The van der Waals surface area contributed by atoms with Crippen LogP contribution < -0.4 is 4.90 Å². The van der Waals surface area contributed by atoms with Crippen LogP contribution in [0.3, 0.4) is 0 Å². The molecule has 0 aliphatic carbocycles. The van der Waals surface area contributed by atoms with Gasteiger partial charge in [0.25, 0.3) is 5.91 Å². The number of aryl methyl sites for hydroxylation is 1. The highest BCUT2D eigenvalue weighted by molar-refractivity contribution is 5.94. The predicted octanol–water partition coefficient (Wildman–Crippen LogP) is 1.93. The summed E-state index contributed by atoms with van der Waals surface area (Å²) in [7, 11) is 0. The first-order chi connectivity index (χ1) is 12.7. The fourth-order valence-electron chi connectivity index (χ4n) is 3.14. The second-order valence-electron chi connectivity index (χ2n) is 6.33. The third-order valence-corrected chi connectivity index (χ3v) is 4.53. The normalized spacial score (nSPS) is 14.5. The second kappa shape index (κ2) is 6.95. The highest BCUT2D eigenvalue weighted by Gasteiger charge is 2.23. The van der Waals surface area contributed by atoms with Crippen molar-refractivity contribution < 1.29 is 4.79 Å². The van der Waals surface area contributed by atoms with Crippen LogP contribution in [0.15, 0.2) is 55.1 Å². The fraction of sp³-hybridized carbons (Fsp3) is 0.263. The topological polar surface area (TPSA) is 67.2 Å². The van der Waals surface area contributed by atoms with E-state index in [9.17, 15) is 4.79 Å². The van der Waals surface area contributed by atoms with Crippen molar-refractivity contribution in [3.8, 4) is 5.82 Å². The molecule has 26 heavy (non-hydrogen) atoms. The summed E-state index contributed by atoms with van der Waals surface area (Å²) in [6.45, 7) is 4.84. The van der Waals surface area contributed by atoms with Gasteiger partial charge in [-0.1, -0.05) is 17.7 Å². The van der Waals surface area contributed by atoms with Crippen molar-refractivity contribution in [2.75, 3.05) is 31.1 Å². The monoisotopic (exact) mass is 348 g/mol. The molecule has 0 radical (unpaired) electrons. The lowest BCUT2D eigenvalue weighted by molar-refractivity contribution is 0.0746. The number of piperazine rings is 1. The maximum atomic E-state index is 12.7. The lowest BCUT2D eigenvalue weighted by Crippen LogP contribution is -2.49. The lowest BCUT2D eigenvalue weighted by atomic mass is 10.1. The lowest BCUT2D eigenvalue weighted by Gasteiger charge is -2.35. The first kappa shape index (κ1) is 16.3. The van der Waals surface area contributed by atoms with E-state index in [1.807, 2.05) is 54.4 Å². The second-order valence-corrected chi connectivity index (χ2v) is 6.33. The number of hydrogen-bond donors (Lipinski definition) is 0. The quantitative estimate of drug-likeness (QED) is 0.724. The summed E-state index contributed by atoms with van der Waals surface area (Å²) >= 11 is 0. The van der Waals surface area contributed by atoms with Gasteiger partial charge in [-0.15, -0.1) is 0 Å². The summed E-state index contributed by atoms with van der Waals surface area (Å²) in [5, 5.41) is 4.20. The van der Waals surface area contributed by atoms with Crippen molar-refractivity contribution >= 4 is 11.7 Å². The molecule has 0 spiro atoms. The Bertz CT molecular complexity index is 900. The molecule has 2 aromatic heterocycles. The predicted molar refractivity (Wildman–Crippen MR) is 98.4 cm³/mol. The number of nitrogens with zero attached hydrogens (tertiary/aromatic N) is 6. The Morgan fingerprint density at radius 3 is 2.54 bits per heavy atom. The van der Waals surface area contributed by atoms with Crippen LogP contribution in [-0.2, 0) is 0 Å². The molecule has 4 rings (SSSR count). The van der Waals surface area contributed by atoms with Crippen LogP contribution in [0.1, 0.15) is 15.9 Å². The van der Waals surface area contributed by atoms with Gasteiger partial charge in [-0.25, -0.2) is 14.6 Å². The third-order valence-electron chi connectivity index (χ3n) is 4.53. The van der Waals surface area contributed by atoms with Crippen molar-refractivity contribution in [3.63, 3.8) is 0 Å². The number of carbonyl (C=O) groups excluding carboxylic acids is 1. The van der Waals surface area contributed by atoms with Crippen LogP contribution in [-0.4, -0.2) is 56.7 Å². The van der Waals surface area contributed by atoms with Gasteiger partial charge in [-0.2, -0.15) is 5.10 Å². The first-order valence-corrected chi connectivity index (χ1v) is 8.64.